The number of pyridine rings is 1. The van der Waals surface area contributed by atoms with E-state index in [-0.39, 0.29) is 5.11 Å². The Balaban J connectivity index is 1.36. The molecule has 2 aromatic carbocycles. The normalized spacial score (nSPS) is 14.6. The molecule has 1 aliphatic rings. The molecule has 6 nitrogen and oxygen atoms in total. The van der Waals surface area contributed by atoms with Gasteiger partial charge >= 0.3 is 0 Å². The standard InChI is InChI=1S/C24H26N6S/c25-24(31)28-27-16-20-7-4-8-21(15-20)22-9-10-23(26-17-22)30-13-11-29(12-14-30)18-19-5-2-1-3-6-19/h1-10,15-17H,11-14,18H2,(H3,25,28,31)/b27-16+. The van der Waals surface area contributed by atoms with E-state index in [1.165, 1.54) is 5.56 Å². The molecule has 158 valence electrons. The maximum atomic E-state index is 5.39. The zero-order valence-corrected chi connectivity index (χ0v) is 18.1. The predicted octanol–water partition coefficient (Wildman–Crippen LogP) is 3.24. The summed E-state index contributed by atoms with van der Waals surface area (Å²) >= 11 is 4.75. The van der Waals surface area contributed by atoms with E-state index in [4.69, 9.17) is 22.9 Å². The van der Waals surface area contributed by atoms with Crippen molar-refractivity contribution in [2.75, 3.05) is 31.1 Å². The number of benzene rings is 2. The van der Waals surface area contributed by atoms with Crippen LogP contribution in [0, 0.1) is 0 Å². The largest absolute Gasteiger partial charge is 0.375 e. The van der Waals surface area contributed by atoms with Crippen molar-refractivity contribution in [2.24, 2.45) is 10.8 Å². The highest BCUT2D eigenvalue weighted by atomic mass is 32.1. The highest BCUT2D eigenvalue weighted by molar-refractivity contribution is 7.80. The van der Waals surface area contributed by atoms with Crippen LogP contribution >= 0.6 is 12.2 Å². The summed E-state index contributed by atoms with van der Waals surface area (Å²) in [5.74, 6) is 1.03. The Morgan fingerprint density at radius 2 is 1.81 bits per heavy atom. The van der Waals surface area contributed by atoms with E-state index in [0.717, 1.165) is 55.2 Å². The van der Waals surface area contributed by atoms with Gasteiger partial charge in [-0.05, 0) is 47.1 Å². The number of anilines is 1. The van der Waals surface area contributed by atoms with E-state index in [0.29, 0.717) is 0 Å². The third-order valence-electron chi connectivity index (χ3n) is 5.30. The van der Waals surface area contributed by atoms with E-state index in [1.807, 2.05) is 18.3 Å². The number of hydrazone groups is 1. The van der Waals surface area contributed by atoms with Crippen LogP contribution in [-0.2, 0) is 6.54 Å². The average molecular weight is 431 g/mol. The third kappa shape index (κ3) is 5.87. The monoisotopic (exact) mass is 430 g/mol. The molecule has 3 aromatic rings. The fraction of sp³-hybridized carbons (Fsp3) is 0.208. The van der Waals surface area contributed by atoms with E-state index in [1.54, 1.807) is 6.21 Å². The number of nitrogens with zero attached hydrogens (tertiary/aromatic N) is 4. The second-order valence-electron chi connectivity index (χ2n) is 7.51. The number of hydrogen-bond acceptors (Lipinski definition) is 5. The lowest BCUT2D eigenvalue weighted by Gasteiger charge is -2.35. The molecule has 7 heteroatoms. The molecular weight excluding hydrogens is 404 g/mol. The van der Waals surface area contributed by atoms with Gasteiger partial charge < -0.3 is 10.6 Å². The molecule has 0 atom stereocenters. The van der Waals surface area contributed by atoms with Crippen LogP contribution in [0.15, 0.2) is 78.0 Å². The highest BCUT2D eigenvalue weighted by Crippen LogP contribution is 2.22. The van der Waals surface area contributed by atoms with Gasteiger partial charge in [-0.25, -0.2) is 4.98 Å². The predicted molar refractivity (Wildman–Crippen MR) is 131 cm³/mol. The van der Waals surface area contributed by atoms with Gasteiger partial charge in [-0.1, -0.05) is 48.5 Å². The van der Waals surface area contributed by atoms with Gasteiger partial charge in [-0.3, -0.25) is 10.3 Å². The fourth-order valence-corrected chi connectivity index (χ4v) is 3.74. The molecule has 1 saturated heterocycles. The van der Waals surface area contributed by atoms with Crippen molar-refractivity contribution in [3.63, 3.8) is 0 Å². The minimum absolute atomic E-state index is 0.146. The Morgan fingerprint density at radius 1 is 1.00 bits per heavy atom. The van der Waals surface area contributed by atoms with Gasteiger partial charge in [0.1, 0.15) is 5.82 Å². The summed E-state index contributed by atoms with van der Waals surface area (Å²) < 4.78 is 0. The van der Waals surface area contributed by atoms with Crippen molar-refractivity contribution in [1.29, 1.82) is 0 Å². The summed E-state index contributed by atoms with van der Waals surface area (Å²) in [6.45, 7) is 5.06. The number of thiocarbonyl (C=S) groups is 1. The molecule has 2 heterocycles. The van der Waals surface area contributed by atoms with Crippen LogP contribution in [0.3, 0.4) is 0 Å². The van der Waals surface area contributed by atoms with E-state index in [9.17, 15) is 0 Å². The summed E-state index contributed by atoms with van der Waals surface area (Å²) in [6.07, 6.45) is 3.63. The van der Waals surface area contributed by atoms with Gasteiger partial charge in [0.25, 0.3) is 0 Å². The second-order valence-corrected chi connectivity index (χ2v) is 7.95. The van der Waals surface area contributed by atoms with Crippen molar-refractivity contribution in [2.45, 2.75) is 6.54 Å². The number of rotatable bonds is 6. The minimum atomic E-state index is 0.146. The lowest BCUT2D eigenvalue weighted by molar-refractivity contribution is 0.249. The van der Waals surface area contributed by atoms with Gasteiger partial charge in [-0.2, -0.15) is 5.10 Å². The zero-order chi connectivity index (χ0) is 21.5. The fourth-order valence-electron chi connectivity index (χ4n) is 3.69. The average Bonchev–Trinajstić information content (AvgIpc) is 2.80. The maximum absolute atomic E-state index is 5.39. The molecule has 1 aliphatic heterocycles. The molecule has 31 heavy (non-hydrogen) atoms. The first kappa shape index (κ1) is 21.0. The molecule has 1 aromatic heterocycles. The number of aromatic nitrogens is 1. The third-order valence-corrected chi connectivity index (χ3v) is 5.39. The summed E-state index contributed by atoms with van der Waals surface area (Å²) in [4.78, 5) is 9.59. The van der Waals surface area contributed by atoms with Gasteiger partial charge in [-0.15, -0.1) is 0 Å². The molecule has 0 spiro atoms. The summed E-state index contributed by atoms with van der Waals surface area (Å²) in [6, 6.07) is 23.0. The van der Waals surface area contributed by atoms with Crippen LogP contribution in [0.5, 0.6) is 0 Å². The van der Waals surface area contributed by atoms with Gasteiger partial charge in [0.15, 0.2) is 5.11 Å². The zero-order valence-electron chi connectivity index (χ0n) is 17.3. The van der Waals surface area contributed by atoms with Crippen LogP contribution in [0.25, 0.3) is 11.1 Å². The molecule has 1 fully saturated rings. The Labute approximate surface area is 188 Å². The Morgan fingerprint density at radius 3 is 2.52 bits per heavy atom. The topological polar surface area (TPSA) is 69.8 Å². The maximum Gasteiger partial charge on any atom is 0.184 e. The Bertz CT molecular complexity index is 1030. The van der Waals surface area contributed by atoms with Crippen LogP contribution < -0.4 is 16.1 Å². The lowest BCUT2D eigenvalue weighted by Crippen LogP contribution is -2.46. The van der Waals surface area contributed by atoms with Crippen molar-refractivity contribution in [3.8, 4) is 11.1 Å². The first-order valence-corrected chi connectivity index (χ1v) is 10.7. The first-order chi connectivity index (χ1) is 15.2. The lowest BCUT2D eigenvalue weighted by atomic mass is 10.1. The van der Waals surface area contributed by atoms with Crippen LogP contribution in [0.2, 0.25) is 0 Å². The van der Waals surface area contributed by atoms with Crippen LogP contribution in [0.4, 0.5) is 5.82 Å². The smallest absolute Gasteiger partial charge is 0.184 e. The van der Waals surface area contributed by atoms with Crippen LogP contribution in [-0.4, -0.2) is 47.4 Å². The SMILES string of the molecule is NC(=S)N/N=C/c1cccc(-c2ccc(N3CCN(Cc4ccccc4)CC3)nc2)c1. The second kappa shape index (κ2) is 10.1. The Kier molecular flexibility index (Phi) is 6.86. The molecule has 3 N–H and O–H groups in total. The summed E-state index contributed by atoms with van der Waals surface area (Å²) in [5.41, 5.74) is 12.4. The van der Waals surface area contributed by atoms with Crippen molar-refractivity contribution in [3.05, 3.63) is 84.1 Å². The molecule has 0 aliphatic carbocycles. The van der Waals surface area contributed by atoms with E-state index < -0.39 is 0 Å². The first-order valence-electron chi connectivity index (χ1n) is 10.3. The van der Waals surface area contributed by atoms with E-state index in [2.05, 4.69) is 74.9 Å². The molecule has 0 saturated carbocycles. The van der Waals surface area contributed by atoms with Crippen molar-refractivity contribution < 1.29 is 0 Å². The van der Waals surface area contributed by atoms with E-state index >= 15 is 0 Å². The summed E-state index contributed by atoms with van der Waals surface area (Å²) in [7, 11) is 0. The number of piperazine rings is 1. The number of hydrogen-bond donors (Lipinski definition) is 2. The van der Waals surface area contributed by atoms with Crippen molar-refractivity contribution >= 4 is 29.4 Å². The molecule has 0 radical (unpaired) electrons. The van der Waals surface area contributed by atoms with Gasteiger partial charge in [0.05, 0.1) is 6.21 Å². The molecule has 0 amide bonds. The van der Waals surface area contributed by atoms with Gasteiger partial charge in [0.2, 0.25) is 0 Å². The quantitative estimate of drug-likeness (QED) is 0.355. The van der Waals surface area contributed by atoms with Crippen LogP contribution in [0.1, 0.15) is 11.1 Å². The molecule has 4 rings (SSSR count). The Hall–Kier alpha value is -3.29. The highest BCUT2D eigenvalue weighted by Gasteiger charge is 2.18. The molecule has 0 bridgehead atoms. The van der Waals surface area contributed by atoms with Gasteiger partial charge in [0, 0.05) is 44.5 Å². The van der Waals surface area contributed by atoms with Crippen molar-refractivity contribution in [1.82, 2.24) is 15.3 Å². The summed E-state index contributed by atoms with van der Waals surface area (Å²) in [5, 5.41) is 4.16. The number of nitrogens with one attached hydrogen (secondary N) is 1. The molecular formula is C24H26N6S. The molecule has 0 unspecified atom stereocenters. The minimum Gasteiger partial charge on any atom is -0.375 e. The number of nitrogens with two attached hydrogens (primary N) is 1.